The third kappa shape index (κ3) is 2.51. The zero-order valence-electron chi connectivity index (χ0n) is 10.6. The van der Waals surface area contributed by atoms with Crippen molar-refractivity contribution in [3.8, 4) is 0 Å². The van der Waals surface area contributed by atoms with Gasteiger partial charge in [0.05, 0.1) is 0 Å². The van der Waals surface area contributed by atoms with E-state index in [9.17, 15) is 9.50 Å². The summed E-state index contributed by atoms with van der Waals surface area (Å²) in [5.74, 6) is 1.93. The molecule has 0 fully saturated rings. The van der Waals surface area contributed by atoms with Crippen LogP contribution in [0, 0.1) is 11.7 Å². The lowest BCUT2D eigenvalue weighted by molar-refractivity contribution is 0.189. The van der Waals surface area contributed by atoms with E-state index in [1.807, 2.05) is 0 Å². The summed E-state index contributed by atoms with van der Waals surface area (Å²) in [7, 11) is 0. The van der Waals surface area contributed by atoms with Crippen LogP contribution in [0.5, 0.6) is 0 Å². The number of halogens is 1. The van der Waals surface area contributed by atoms with Crippen LogP contribution in [0.3, 0.4) is 0 Å². The molecule has 1 aliphatic heterocycles. The summed E-state index contributed by atoms with van der Waals surface area (Å²) >= 11 is 0. The van der Waals surface area contributed by atoms with Gasteiger partial charge in [0.15, 0.2) is 0 Å². The summed E-state index contributed by atoms with van der Waals surface area (Å²) in [6.45, 7) is 0.975. The van der Waals surface area contributed by atoms with Gasteiger partial charge in [0, 0.05) is 31.9 Å². The van der Waals surface area contributed by atoms with E-state index in [0.29, 0.717) is 6.42 Å². The zero-order valence-corrected chi connectivity index (χ0v) is 10.6. The molecule has 100 valence electrons. The van der Waals surface area contributed by atoms with Crippen LogP contribution < -0.4 is 0 Å². The summed E-state index contributed by atoms with van der Waals surface area (Å²) in [4.78, 5) is 0. The van der Waals surface area contributed by atoms with Crippen molar-refractivity contribution in [2.75, 3.05) is 6.61 Å². The third-order valence-corrected chi connectivity index (χ3v) is 3.65. The predicted octanol–water partition coefficient (Wildman–Crippen LogP) is 1.56. The largest absolute Gasteiger partial charge is 0.396 e. The number of aliphatic hydroxyl groups excluding tert-OH is 1. The molecule has 19 heavy (non-hydrogen) atoms. The summed E-state index contributed by atoms with van der Waals surface area (Å²) in [6, 6.07) is 6.45. The Morgan fingerprint density at radius 2 is 2.05 bits per heavy atom. The monoisotopic (exact) mass is 261 g/mol. The number of fused-ring (bicyclic) bond motifs is 1. The molecule has 0 spiro atoms. The Labute approximate surface area is 110 Å². The third-order valence-electron chi connectivity index (χ3n) is 3.65. The SMILES string of the molecule is OCC1CCc2nnc(Cc3ccc(F)cc3)n2C1. The van der Waals surface area contributed by atoms with Crippen molar-refractivity contribution < 1.29 is 9.50 Å². The van der Waals surface area contributed by atoms with Gasteiger partial charge in [0.2, 0.25) is 0 Å². The molecule has 1 unspecified atom stereocenters. The molecule has 1 aromatic carbocycles. The number of rotatable bonds is 3. The first-order valence-corrected chi connectivity index (χ1v) is 6.52. The highest BCUT2D eigenvalue weighted by Crippen LogP contribution is 2.21. The Morgan fingerprint density at radius 1 is 1.26 bits per heavy atom. The van der Waals surface area contributed by atoms with Crippen molar-refractivity contribution in [3.63, 3.8) is 0 Å². The van der Waals surface area contributed by atoms with Crippen molar-refractivity contribution in [3.05, 3.63) is 47.3 Å². The topological polar surface area (TPSA) is 50.9 Å². The highest BCUT2D eigenvalue weighted by molar-refractivity contribution is 5.20. The predicted molar refractivity (Wildman–Crippen MR) is 68.1 cm³/mol. The van der Waals surface area contributed by atoms with E-state index in [0.717, 1.165) is 36.6 Å². The molecular weight excluding hydrogens is 245 g/mol. The Kier molecular flexibility index (Phi) is 3.29. The second-order valence-electron chi connectivity index (χ2n) is 5.03. The van der Waals surface area contributed by atoms with Crippen LogP contribution in [0.4, 0.5) is 4.39 Å². The molecule has 1 N–H and O–H groups in total. The fourth-order valence-electron chi connectivity index (χ4n) is 2.52. The van der Waals surface area contributed by atoms with Gasteiger partial charge in [-0.05, 0) is 24.1 Å². The summed E-state index contributed by atoms with van der Waals surface area (Å²) < 4.78 is 15.0. The van der Waals surface area contributed by atoms with Crippen LogP contribution in [0.1, 0.15) is 23.6 Å². The maximum absolute atomic E-state index is 12.9. The van der Waals surface area contributed by atoms with Crippen LogP contribution in [0.2, 0.25) is 0 Å². The number of aromatic nitrogens is 3. The molecular formula is C14H16FN3O. The van der Waals surface area contributed by atoms with Crippen molar-refractivity contribution in [1.29, 1.82) is 0 Å². The molecule has 2 heterocycles. The number of nitrogens with zero attached hydrogens (tertiary/aromatic N) is 3. The minimum atomic E-state index is -0.229. The van der Waals surface area contributed by atoms with Crippen molar-refractivity contribution in [1.82, 2.24) is 14.8 Å². The molecule has 0 amide bonds. The molecule has 0 aliphatic carbocycles. The molecule has 0 radical (unpaired) electrons. The molecule has 5 heteroatoms. The van der Waals surface area contributed by atoms with Gasteiger partial charge < -0.3 is 9.67 Å². The van der Waals surface area contributed by atoms with E-state index in [2.05, 4.69) is 14.8 Å². The number of hydrogen-bond donors (Lipinski definition) is 1. The average molecular weight is 261 g/mol. The molecule has 0 saturated carbocycles. The van der Waals surface area contributed by atoms with E-state index in [4.69, 9.17) is 0 Å². The van der Waals surface area contributed by atoms with E-state index >= 15 is 0 Å². The van der Waals surface area contributed by atoms with Crippen LogP contribution in [0.15, 0.2) is 24.3 Å². The Hall–Kier alpha value is -1.75. The van der Waals surface area contributed by atoms with Gasteiger partial charge in [-0.3, -0.25) is 0 Å². The van der Waals surface area contributed by atoms with Gasteiger partial charge in [0.1, 0.15) is 17.5 Å². The number of aryl methyl sites for hydroxylation is 1. The molecule has 0 saturated heterocycles. The van der Waals surface area contributed by atoms with Gasteiger partial charge >= 0.3 is 0 Å². The molecule has 1 aromatic heterocycles. The quantitative estimate of drug-likeness (QED) is 0.912. The minimum Gasteiger partial charge on any atom is -0.396 e. The summed E-state index contributed by atoms with van der Waals surface area (Å²) in [6.07, 6.45) is 2.47. The van der Waals surface area contributed by atoms with Gasteiger partial charge in [-0.15, -0.1) is 10.2 Å². The summed E-state index contributed by atoms with van der Waals surface area (Å²) in [5.41, 5.74) is 1.02. The van der Waals surface area contributed by atoms with Gasteiger partial charge in [0.25, 0.3) is 0 Å². The highest BCUT2D eigenvalue weighted by atomic mass is 19.1. The molecule has 3 rings (SSSR count). The minimum absolute atomic E-state index is 0.202. The normalized spacial score (nSPS) is 18.3. The fraction of sp³-hybridized carbons (Fsp3) is 0.429. The van der Waals surface area contributed by atoms with Crippen LogP contribution in [0.25, 0.3) is 0 Å². The average Bonchev–Trinajstić information content (AvgIpc) is 2.84. The van der Waals surface area contributed by atoms with E-state index in [-0.39, 0.29) is 18.3 Å². The molecule has 1 atom stereocenters. The Bertz CT molecular complexity index is 565. The highest BCUT2D eigenvalue weighted by Gasteiger charge is 2.22. The maximum atomic E-state index is 12.9. The smallest absolute Gasteiger partial charge is 0.137 e. The number of benzene rings is 1. The lowest BCUT2D eigenvalue weighted by Gasteiger charge is -2.22. The molecule has 0 bridgehead atoms. The zero-order chi connectivity index (χ0) is 13.2. The lowest BCUT2D eigenvalue weighted by atomic mass is 10.00. The van der Waals surface area contributed by atoms with Crippen LogP contribution in [-0.2, 0) is 19.4 Å². The van der Waals surface area contributed by atoms with Crippen molar-refractivity contribution in [2.24, 2.45) is 5.92 Å². The number of hydrogen-bond acceptors (Lipinski definition) is 3. The van der Waals surface area contributed by atoms with Gasteiger partial charge in [-0.1, -0.05) is 12.1 Å². The standard InChI is InChI=1S/C14H16FN3O/c15-12-4-1-10(2-5-12)7-14-17-16-13-6-3-11(9-19)8-18(13)14/h1-2,4-5,11,19H,3,6-9H2. The lowest BCUT2D eigenvalue weighted by Crippen LogP contribution is -2.24. The van der Waals surface area contributed by atoms with Crippen molar-refractivity contribution in [2.45, 2.75) is 25.8 Å². The second-order valence-corrected chi connectivity index (χ2v) is 5.03. The molecule has 2 aromatic rings. The summed E-state index contributed by atoms with van der Waals surface area (Å²) in [5, 5.41) is 17.7. The van der Waals surface area contributed by atoms with E-state index in [1.54, 1.807) is 12.1 Å². The van der Waals surface area contributed by atoms with Crippen molar-refractivity contribution >= 4 is 0 Å². The van der Waals surface area contributed by atoms with Crippen LogP contribution in [-0.4, -0.2) is 26.5 Å². The first-order valence-electron chi connectivity index (χ1n) is 6.52. The molecule has 1 aliphatic rings. The first-order chi connectivity index (χ1) is 9.26. The van der Waals surface area contributed by atoms with Gasteiger partial charge in [-0.25, -0.2) is 4.39 Å². The van der Waals surface area contributed by atoms with E-state index in [1.165, 1.54) is 12.1 Å². The second kappa shape index (κ2) is 5.09. The number of aliphatic hydroxyl groups is 1. The molecule has 4 nitrogen and oxygen atoms in total. The fourth-order valence-corrected chi connectivity index (χ4v) is 2.52. The maximum Gasteiger partial charge on any atom is 0.137 e. The first kappa shape index (κ1) is 12.3. The van der Waals surface area contributed by atoms with Gasteiger partial charge in [-0.2, -0.15) is 0 Å². The Balaban J connectivity index is 1.82. The van der Waals surface area contributed by atoms with Crippen LogP contribution >= 0.6 is 0 Å². The van der Waals surface area contributed by atoms with E-state index < -0.39 is 0 Å². The Morgan fingerprint density at radius 3 is 2.79 bits per heavy atom.